The van der Waals surface area contributed by atoms with Gasteiger partial charge in [-0.15, -0.1) is 6.58 Å². The molecule has 8 atom stereocenters. The fraction of sp³-hybridized carbons (Fsp3) is 0.451. The maximum atomic E-state index is 15.4. The van der Waals surface area contributed by atoms with Crippen LogP contribution in [0.3, 0.4) is 0 Å². The Morgan fingerprint density at radius 2 is 1.42 bits per heavy atom. The second kappa shape index (κ2) is 21.0. The molecule has 11 nitrogen and oxygen atoms in total. The zero-order valence-electron chi connectivity index (χ0n) is 36.8. The first-order valence-corrected chi connectivity index (χ1v) is 21.3. The van der Waals surface area contributed by atoms with Gasteiger partial charge in [0.25, 0.3) is 0 Å². The number of hydrogen-bond donors (Lipinski definition) is 1. The first-order valence-electron chi connectivity index (χ1n) is 21.3. The van der Waals surface area contributed by atoms with Crippen LogP contribution >= 0.6 is 0 Å². The molecule has 2 fully saturated rings. The van der Waals surface area contributed by atoms with Gasteiger partial charge in [0.15, 0.2) is 5.78 Å². The highest BCUT2D eigenvalue weighted by atomic mass is 16.7. The molecule has 1 N–H and O–H groups in total. The number of rotatable bonds is 20. The van der Waals surface area contributed by atoms with Crippen molar-refractivity contribution in [2.45, 2.75) is 89.4 Å². The Morgan fingerprint density at radius 3 is 2.00 bits per heavy atom. The van der Waals surface area contributed by atoms with E-state index in [1.807, 2.05) is 106 Å². The van der Waals surface area contributed by atoms with Crippen LogP contribution in [0.15, 0.2) is 122 Å². The summed E-state index contributed by atoms with van der Waals surface area (Å²) in [6.07, 6.45) is -0.575. The third-order valence-corrected chi connectivity index (χ3v) is 13.2. The number of aliphatic hydroxyl groups is 1. The van der Waals surface area contributed by atoms with Crippen LogP contribution < -0.4 is 9.47 Å². The normalized spacial score (nSPS) is 24.8. The van der Waals surface area contributed by atoms with E-state index in [0.717, 1.165) is 16.7 Å². The molecule has 0 spiro atoms. The second-order valence-corrected chi connectivity index (χ2v) is 17.0. The molecule has 0 aliphatic heterocycles. The van der Waals surface area contributed by atoms with Crippen LogP contribution in [0.4, 0.5) is 0 Å². The van der Waals surface area contributed by atoms with Gasteiger partial charge in [-0.2, -0.15) is 0 Å². The molecule has 0 heterocycles. The van der Waals surface area contributed by atoms with Crippen LogP contribution in [-0.2, 0) is 53.0 Å². The summed E-state index contributed by atoms with van der Waals surface area (Å²) in [5, 5.41) is 13.2. The lowest BCUT2D eigenvalue weighted by atomic mass is 9.66. The highest BCUT2D eigenvalue weighted by Crippen LogP contribution is 2.58. The highest BCUT2D eigenvalue weighted by molar-refractivity contribution is 5.89. The van der Waals surface area contributed by atoms with Crippen molar-refractivity contribution < 1.29 is 52.6 Å². The maximum Gasteiger partial charge on any atom is 0.338 e. The van der Waals surface area contributed by atoms with Crippen molar-refractivity contribution in [1.29, 1.82) is 0 Å². The third-order valence-electron chi connectivity index (χ3n) is 13.2. The van der Waals surface area contributed by atoms with Gasteiger partial charge in [-0.1, -0.05) is 99.6 Å². The summed E-state index contributed by atoms with van der Waals surface area (Å²) in [5.41, 5.74) is -1.08. The van der Waals surface area contributed by atoms with E-state index >= 15 is 4.79 Å². The van der Waals surface area contributed by atoms with Crippen LogP contribution in [0.2, 0.25) is 0 Å². The number of methoxy groups -OCH3 is 3. The van der Waals surface area contributed by atoms with E-state index in [9.17, 15) is 9.90 Å². The van der Waals surface area contributed by atoms with Crippen LogP contribution in [0, 0.1) is 23.2 Å². The van der Waals surface area contributed by atoms with Gasteiger partial charge in [0.2, 0.25) is 0 Å². The molecule has 4 aromatic rings. The Balaban J connectivity index is 1.52. The van der Waals surface area contributed by atoms with E-state index in [-0.39, 0.29) is 51.8 Å². The van der Waals surface area contributed by atoms with E-state index in [0.29, 0.717) is 23.5 Å². The average Bonchev–Trinajstić information content (AvgIpc) is 3.55. The number of fused-ring (bicyclic) bond motifs is 2. The number of carbonyl (C=O) groups is 2. The molecule has 2 bridgehead atoms. The molecule has 0 saturated heterocycles. The van der Waals surface area contributed by atoms with Crippen molar-refractivity contribution in [2.75, 3.05) is 34.7 Å². The number of ether oxygens (including phenoxy) is 8. The van der Waals surface area contributed by atoms with Crippen LogP contribution in [-0.4, -0.2) is 81.1 Å². The van der Waals surface area contributed by atoms with Crippen molar-refractivity contribution in [3.05, 3.63) is 144 Å². The molecule has 0 radical (unpaired) electrons. The summed E-state index contributed by atoms with van der Waals surface area (Å²) >= 11 is 0. The molecule has 0 amide bonds. The monoisotopic (exact) mass is 850 g/mol. The lowest BCUT2D eigenvalue weighted by Gasteiger charge is -2.49. The summed E-state index contributed by atoms with van der Waals surface area (Å²) in [6.45, 7) is 10.2. The SMILES string of the molecule is C=C[C@@H](OCc1ccc(OC)cc1)[C@](COCc1ccc(OC)cc1)(OCc1ccccc1)[C@H]1C[C@H](OC(=O)c2ccccc2)[C@@]2(O)CC[C@@H]([C@@H](OCOC)C(=O)[C@@H]1C)C2(C)C. The molecule has 6 rings (SSSR count). The van der Waals surface area contributed by atoms with E-state index in [4.69, 9.17) is 37.9 Å². The quantitative estimate of drug-likeness (QED) is 0.0522. The van der Waals surface area contributed by atoms with E-state index in [1.165, 1.54) is 7.11 Å². The molecule has 2 aliphatic carbocycles. The average molecular weight is 851 g/mol. The molecule has 4 aromatic carbocycles. The predicted molar refractivity (Wildman–Crippen MR) is 235 cm³/mol. The van der Waals surface area contributed by atoms with Gasteiger partial charge >= 0.3 is 5.97 Å². The first kappa shape index (κ1) is 46.6. The summed E-state index contributed by atoms with van der Waals surface area (Å²) in [6, 6.07) is 33.6. The van der Waals surface area contributed by atoms with Gasteiger partial charge in [0, 0.05) is 30.3 Å². The molecule has 332 valence electrons. The summed E-state index contributed by atoms with van der Waals surface area (Å²) in [4.78, 5) is 29.5. The van der Waals surface area contributed by atoms with Crippen molar-refractivity contribution in [3.63, 3.8) is 0 Å². The largest absolute Gasteiger partial charge is 0.497 e. The smallest absolute Gasteiger partial charge is 0.338 e. The van der Waals surface area contributed by atoms with Crippen molar-refractivity contribution in [1.82, 2.24) is 0 Å². The van der Waals surface area contributed by atoms with Crippen molar-refractivity contribution >= 4 is 11.8 Å². The number of benzene rings is 4. The molecular weight excluding hydrogens is 789 g/mol. The maximum absolute atomic E-state index is 15.4. The molecule has 2 aliphatic rings. The molecule has 0 aromatic heterocycles. The summed E-state index contributed by atoms with van der Waals surface area (Å²) in [7, 11) is 4.74. The Hall–Kier alpha value is -4.88. The number of esters is 1. The van der Waals surface area contributed by atoms with Gasteiger partial charge < -0.3 is 43.0 Å². The van der Waals surface area contributed by atoms with Crippen molar-refractivity contribution in [3.8, 4) is 11.5 Å². The van der Waals surface area contributed by atoms with Gasteiger partial charge in [-0.05, 0) is 72.4 Å². The lowest BCUT2D eigenvalue weighted by molar-refractivity contribution is -0.220. The van der Waals surface area contributed by atoms with Gasteiger partial charge in [-0.3, -0.25) is 4.79 Å². The first-order chi connectivity index (χ1) is 29.9. The standard InChI is InChI=1S/C51H62O11/c1-8-44(59-31-38-21-25-41(57-7)26-22-38)50(61-32-36-15-11-9-12-16-36,33-58-30-37-19-23-40(56-6)24-20-37)43-29-45(62-48(53)39-17-13-10-14-18-39)51(54)28-27-42(49(51,3)4)47(60-34-55-5)46(52)35(43)2/h8-26,35,42-45,47,54H,1,27-34H2,2-7H3/t35-,42+,43+,44-,45+,47-,50-,51+/m1/s1. The van der Waals surface area contributed by atoms with Crippen LogP contribution in [0.5, 0.6) is 11.5 Å². The highest BCUT2D eigenvalue weighted by Gasteiger charge is 2.65. The van der Waals surface area contributed by atoms with Crippen LogP contribution in [0.1, 0.15) is 67.1 Å². The minimum absolute atomic E-state index is 0.00600. The number of ketones is 1. The number of hydrogen-bond acceptors (Lipinski definition) is 11. The Bertz CT molecular complexity index is 2040. The number of carbonyl (C=O) groups excluding carboxylic acids is 2. The molecule has 0 unspecified atom stereocenters. The van der Waals surface area contributed by atoms with Crippen molar-refractivity contribution in [2.24, 2.45) is 23.2 Å². The van der Waals surface area contributed by atoms with E-state index < -0.39 is 58.7 Å². The van der Waals surface area contributed by atoms with Crippen LogP contribution in [0.25, 0.3) is 0 Å². The number of Topliss-reactive ketones (excluding diaryl/α,β-unsaturated/α-hetero) is 1. The summed E-state index contributed by atoms with van der Waals surface area (Å²) in [5.74, 6) is -1.45. The minimum atomic E-state index is -1.60. The molecular formula is C51H62O11. The second-order valence-electron chi connectivity index (χ2n) is 17.0. The molecule has 11 heteroatoms. The Kier molecular flexibility index (Phi) is 15.8. The molecule has 2 saturated carbocycles. The molecule has 62 heavy (non-hydrogen) atoms. The van der Waals surface area contributed by atoms with Gasteiger partial charge in [-0.25, -0.2) is 4.79 Å². The van der Waals surface area contributed by atoms with Gasteiger partial charge in [0.1, 0.15) is 47.8 Å². The topological polar surface area (TPSA) is 128 Å². The Morgan fingerprint density at radius 1 is 0.839 bits per heavy atom. The summed E-state index contributed by atoms with van der Waals surface area (Å²) < 4.78 is 49.9. The predicted octanol–water partition coefficient (Wildman–Crippen LogP) is 8.55. The van der Waals surface area contributed by atoms with E-state index in [2.05, 4.69) is 6.58 Å². The van der Waals surface area contributed by atoms with Gasteiger partial charge in [0.05, 0.1) is 46.2 Å². The fourth-order valence-corrected chi connectivity index (χ4v) is 9.44. The lowest BCUT2D eigenvalue weighted by Crippen LogP contribution is -2.60. The zero-order valence-corrected chi connectivity index (χ0v) is 36.8. The fourth-order valence-electron chi connectivity index (χ4n) is 9.44. The zero-order chi connectivity index (χ0) is 44.3. The third kappa shape index (κ3) is 10.1. The van der Waals surface area contributed by atoms with E-state index in [1.54, 1.807) is 44.6 Å². The Labute approximate surface area is 366 Å². The minimum Gasteiger partial charge on any atom is -0.497 e.